The van der Waals surface area contributed by atoms with Crippen molar-refractivity contribution in [1.29, 1.82) is 0 Å². The van der Waals surface area contributed by atoms with Crippen LogP contribution in [0, 0.1) is 39.9 Å². The van der Waals surface area contributed by atoms with Gasteiger partial charge < -0.3 is 10.2 Å². The first-order valence-corrected chi connectivity index (χ1v) is 9.55. The normalized spacial score (nSPS) is 57.7. The number of Topliss-reactive ketones (excluding diaryl/α,β-unsaturated/α-hetero) is 1. The maximum absolute atomic E-state index is 13.2. The van der Waals surface area contributed by atoms with E-state index < -0.39 is 0 Å². The van der Waals surface area contributed by atoms with Crippen LogP contribution in [0.25, 0.3) is 0 Å². The van der Waals surface area contributed by atoms with Gasteiger partial charge in [-0.3, -0.25) is 4.79 Å². The molecule has 1 spiro atoms. The number of aliphatic hydroxyl groups excluding tert-OH is 2. The van der Waals surface area contributed by atoms with Gasteiger partial charge in [-0.05, 0) is 61.2 Å². The summed E-state index contributed by atoms with van der Waals surface area (Å²) in [7, 11) is 0. The molecule has 0 aromatic carbocycles. The third-order valence-corrected chi connectivity index (χ3v) is 8.86. The first-order valence-electron chi connectivity index (χ1n) is 9.55. The largest absolute Gasteiger partial charge is 0.393 e. The van der Waals surface area contributed by atoms with Crippen LogP contribution in [-0.4, -0.2) is 28.2 Å². The molecule has 0 radical (unpaired) electrons. The van der Waals surface area contributed by atoms with Crippen LogP contribution in [0.5, 0.6) is 0 Å². The number of hydrogen-bond acceptors (Lipinski definition) is 3. The van der Waals surface area contributed by atoms with Crippen LogP contribution in [-0.2, 0) is 4.79 Å². The van der Waals surface area contributed by atoms with Crippen LogP contribution >= 0.6 is 0 Å². The minimum absolute atomic E-state index is 0.0227. The van der Waals surface area contributed by atoms with E-state index in [2.05, 4.69) is 27.7 Å². The molecule has 1 unspecified atom stereocenters. The molecule has 4 aliphatic rings. The van der Waals surface area contributed by atoms with Gasteiger partial charge in [-0.25, -0.2) is 0 Å². The minimum Gasteiger partial charge on any atom is -0.393 e. The highest BCUT2D eigenvalue weighted by molar-refractivity contribution is 5.90. The van der Waals surface area contributed by atoms with Crippen molar-refractivity contribution in [2.24, 2.45) is 39.9 Å². The fourth-order valence-corrected chi connectivity index (χ4v) is 7.80. The Balaban J connectivity index is 1.81. The van der Waals surface area contributed by atoms with E-state index in [1.54, 1.807) is 0 Å². The third kappa shape index (κ3) is 1.76. The number of carbonyl (C=O) groups excluding carboxylic acids is 1. The Bertz CT molecular complexity index is 541. The molecule has 0 aromatic heterocycles. The summed E-state index contributed by atoms with van der Waals surface area (Å²) in [6.45, 7) is 8.78. The van der Waals surface area contributed by atoms with Crippen LogP contribution in [0.2, 0.25) is 0 Å². The highest BCUT2D eigenvalue weighted by Crippen LogP contribution is 2.71. The first kappa shape index (κ1) is 16.1. The quantitative estimate of drug-likeness (QED) is 0.721. The van der Waals surface area contributed by atoms with Crippen molar-refractivity contribution in [1.82, 2.24) is 0 Å². The lowest BCUT2D eigenvalue weighted by Gasteiger charge is -2.65. The predicted molar refractivity (Wildman–Crippen MR) is 88.7 cm³/mol. The van der Waals surface area contributed by atoms with Gasteiger partial charge in [0, 0.05) is 17.3 Å². The van der Waals surface area contributed by atoms with E-state index >= 15 is 0 Å². The second kappa shape index (κ2) is 4.60. The molecule has 130 valence electrons. The minimum atomic E-state index is -0.346. The fourth-order valence-electron chi connectivity index (χ4n) is 7.80. The predicted octanol–water partition coefficient (Wildman–Crippen LogP) is 3.18. The summed E-state index contributed by atoms with van der Waals surface area (Å²) < 4.78 is 0. The Morgan fingerprint density at radius 2 is 1.78 bits per heavy atom. The van der Waals surface area contributed by atoms with E-state index in [9.17, 15) is 15.0 Å². The van der Waals surface area contributed by atoms with E-state index in [1.165, 1.54) is 0 Å². The molecule has 2 N–H and O–H groups in total. The number of aliphatic hydroxyl groups is 2. The zero-order chi connectivity index (χ0) is 16.8. The summed E-state index contributed by atoms with van der Waals surface area (Å²) in [6.07, 6.45) is 4.87. The molecule has 3 heteroatoms. The maximum Gasteiger partial charge on any atom is 0.142 e. The molecular weight excluding hydrogens is 288 g/mol. The average Bonchev–Trinajstić information content (AvgIpc) is 2.65. The molecule has 8 atom stereocenters. The Morgan fingerprint density at radius 3 is 2.48 bits per heavy atom. The van der Waals surface area contributed by atoms with Gasteiger partial charge in [0.2, 0.25) is 0 Å². The van der Waals surface area contributed by atoms with Gasteiger partial charge in [-0.15, -0.1) is 0 Å². The lowest BCUT2D eigenvalue weighted by atomic mass is 9.40. The Hall–Kier alpha value is -0.410. The molecule has 0 amide bonds. The van der Waals surface area contributed by atoms with E-state index in [-0.39, 0.29) is 40.3 Å². The van der Waals surface area contributed by atoms with Gasteiger partial charge in [0.15, 0.2) is 0 Å². The summed E-state index contributed by atoms with van der Waals surface area (Å²) in [5.74, 6) is 1.43. The molecule has 4 rings (SSSR count). The summed E-state index contributed by atoms with van der Waals surface area (Å²) in [4.78, 5) is 13.2. The number of fused-ring (bicyclic) bond motifs is 3. The molecule has 23 heavy (non-hydrogen) atoms. The summed E-state index contributed by atoms with van der Waals surface area (Å²) in [5, 5.41) is 21.6. The fraction of sp³-hybridized carbons (Fsp3) is 0.950. The second-order valence-corrected chi connectivity index (χ2v) is 10.0. The molecule has 0 aromatic rings. The highest BCUT2D eigenvalue weighted by Gasteiger charge is 2.70. The number of carbonyl (C=O) groups is 1. The summed E-state index contributed by atoms with van der Waals surface area (Å²) >= 11 is 0. The molecule has 4 saturated carbocycles. The maximum atomic E-state index is 13.2. The molecule has 4 aliphatic carbocycles. The van der Waals surface area contributed by atoms with Crippen LogP contribution in [0.3, 0.4) is 0 Å². The van der Waals surface area contributed by atoms with Crippen molar-refractivity contribution in [3.63, 3.8) is 0 Å². The SMILES string of the molecule is C[C@H]1C(=O)[C@@]23CCC4C(C)(C)[C@H](O)CC[C@@]4(C)[C@@H]2[C@@H](O)C[C@H]1C3. The van der Waals surface area contributed by atoms with Gasteiger partial charge in [0.05, 0.1) is 12.2 Å². The van der Waals surface area contributed by atoms with Gasteiger partial charge in [0.1, 0.15) is 5.78 Å². The van der Waals surface area contributed by atoms with Crippen molar-refractivity contribution in [2.45, 2.75) is 78.4 Å². The van der Waals surface area contributed by atoms with Gasteiger partial charge >= 0.3 is 0 Å². The molecule has 3 nitrogen and oxygen atoms in total. The van der Waals surface area contributed by atoms with Crippen LogP contribution in [0.4, 0.5) is 0 Å². The second-order valence-electron chi connectivity index (χ2n) is 10.0. The van der Waals surface area contributed by atoms with Crippen molar-refractivity contribution >= 4 is 5.78 Å². The van der Waals surface area contributed by atoms with E-state index in [0.717, 1.165) is 38.5 Å². The number of hydrogen-bond donors (Lipinski definition) is 2. The van der Waals surface area contributed by atoms with Crippen molar-refractivity contribution in [3.8, 4) is 0 Å². The van der Waals surface area contributed by atoms with Crippen LogP contribution < -0.4 is 0 Å². The number of rotatable bonds is 0. The Kier molecular flexibility index (Phi) is 3.22. The summed E-state index contributed by atoms with van der Waals surface area (Å²) in [6, 6.07) is 0. The van der Waals surface area contributed by atoms with Gasteiger partial charge in [-0.1, -0.05) is 27.7 Å². The molecule has 4 fully saturated rings. The van der Waals surface area contributed by atoms with Crippen LogP contribution in [0.15, 0.2) is 0 Å². The van der Waals surface area contributed by atoms with Crippen molar-refractivity contribution < 1.29 is 15.0 Å². The lowest BCUT2D eigenvalue weighted by Crippen LogP contribution is -2.63. The Morgan fingerprint density at radius 1 is 1.09 bits per heavy atom. The average molecular weight is 320 g/mol. The summed E-state index contributed by atoms with van der Waals surface area (Å²) in [5.41, 5.74) is -0.422. The molecule has 0 saturated heterocycles. The topological polar surface area (TPSA) is 57.5 Å². The standard InChI is InChI=1S/C20H32O3/c1-11-12-9-13(21)16-19(4)7-6-15(22)18(2,3)14(19)5-8-20(16,10-12)17(11)23/h11-16,21-22H,5-10H2,1-4H3/t11-,12+,13+,14?,15-,16+,19-,20-/m1/s1. The Labute approximate surface area is 139 Å². The van der Waals surface area contributed by atoms with Gasteiger partial charge in [0.25, 0.3) is 0 Å². The van der Waals surface area contributed by atoms with E-state index in [0.29, 0.717) is 17.6 Å². The zero-order valence-electron chi connectivity index (χ0n) is 15.0. The van der Waals surface area contributed by atoms with E-state index in [1.807, 2.05) is 0 Å². The van der Waals surface area contributed by atoms with Crippen molar-refractivity contribution in [3.05, 3.63) is 0 Å². The third-order valence-electron chi connectivity index (χ3n) is 8.86. The smallest absolute Gasteiger partial charge is 0.142 e. The van der Waals surface area contributed by atoms with Crippen LogP contribution in [0.1, 0.15) is 66.2 Å². The molecular formula is C20H32O3. The van der Waals surface area contributed by atoms with E-state index in [4.69, 9.17) is 0 Å². The highest BCUT2D eigenvalue weighted by atomic mass is 16.3. The van der Waals surface area contributed by atoms with Crippen molar-refractivity contribution in [2.75, 3.05) is 0 Å². The van der Waals surface area contributed by atoms with Gasteiger partial charge in [-0.2, -0.15) is 0 Å². The first-order chi connectivity index (χ1) is 10.6. The molecule has 2 bridgehead atoms. The number of ketones is 1. The zero-order valence-corrected chi connectivity index (χ0v) is 15.0. The lowest BCUT2D eigenvalue weighted by molar-refractivity contribution is -0.207. The molecule has 0 aliphatic heterocycles. The monoisotopic (exact) mass is 320 g/mol. The molecule has 0 heterocycles.